The molecule has 0 unspecified atom stereocenters. The van der Waals surface area contributed by atoms with Crippen LogP contribution < -0.4 is 0 Å². The average molecular weight is 1930 g/mol. The van der Waals surface area contributed by atoms with Crippen molar-refractivity contribution in [2.75, 3.05) is 0 Å². The molecule has 0 saturated carbocycles. The highest BCUT2D eigenvalue weighted by molar-refractivity contribution is 7.25. The lowest BCUT2D eigenvalue weighted by Gasteiger charge is -2.23. The minimum absolute atomic E-state index is 0.0696. The Bertz CT molecular complexity index is 10200. The minimum Gasteiger partial charge on any atom is -0.309 e. The Morgan fingerprint density at radius 1 is 0.168 bits per heavy atom. The smallest absolute Gasteiger partial charge is 0.160 e. The van der Waals surface area contributed by atoms with Gasteiger partial charge in [-0.1, -0.05) is 353 Å². The van der Waals surface area contributed by atoms with E-state index in [0.717, 1.165) is 108 Å². The molecular weight excluding hydrogens is 1830 g/mol. The van der Waals surface area contributed by atoms with Crippen molar-refractivity contribution in [1.29, 1.82) is 0 Å². The molecule has 0 aliphatic heterocycles. The zero-order valence-corrected chi connectivity index (χ0v) is 84.4. The van der Waals surface area contributed by atoms with Crippen LogP contribution >= 0.6 is 11.3 Å². The fourth-order valence-electron chi connectivity index (χ4n) is 25.4. The highest BCUT2D eigenvalue weighted by Crippen LogP contribution is 2.58. The molecule has 0 fully saturated rings. The van der Waals surface area contributed by atoms with E-state index < -0.39 is 0 Å². The Balaban J connectivity index is 0.000000105. The third-order valence-electron chi connectivity index (χ3n) is 32.5. The number of thiophene rings is 1. The fourth-order valence-corrected chi connectivity index (χ4v) is 26.5. The molecule has 0 N–H and O–H groups in total. The Kier molecular flexibility index (Phi) is 19.5. The number of hydrogen-bond acceptors (Lipinski definition) is 7. The van der Waals surface area contributed by atoms with Crippen LogP contribution in [0, 0.1) is 0 Å². The quantitative estimate of drug-likeness (QED) is 0.135. The van der Waals surface area contributed by atoms with Gasteiger partial charge in [0, 0.05) is 174 Å². The molecule has 706 valence electrons. The van der Waals surface area contributed by atoms with E-state index >= 15 is 0 Å². The molecule has 0 spiro atoms. The Morgan fingerprint density at radius 3 is 0.819 bits per heavy atom. The van der Waals surface area contributed by atoms with Gasteiger partial charge in [-0.05, 0) is 191 Å². The summed E-state index contributed by atoms with van der Waals surface area (Å²) in [6, 6.07) is 162. The number of fused-ring (bicyclic) bond motifs is 27. The summed E-state index contributed by atoms with van der Waals surface area (Å²) in [7, 11) is 0. The minimum atomic E-state index is -0.215. The van der Waals surface area contributed by atoms with Crippen LogP contribution in [0.5, 0.6) is 0 Å². The molecule has 4 aliphatic rings. The van der Waals surface area contributed by atoms with Gasteiger partial charge in [-0.15, -0.1) is 11.3 Å². The van der Waals surface area contributed by atoms with Crippen LogP contribution in [0.4, 0.5) is 0 Å². The van der Waals surface area contributed by atoms with Crippen molar-refractivity contribution < 1.29 is 0 Å². The summed E-state index contributed by atoms with van der Waals surface area (Å²) in [4.78, 5) is 31.8. The molecular formula is C138H98N10S. The van der Waals surface area contributed by atoms with Crippen LogP contribution in [0.3, 0.4) is 0 Å². The first-order chi connectivity index (χ1) is 72.9. The van der Waals surface area contributed by atoms with Crippen molar-refractivity contribution in [3.8, 4) is 136 Å². The highest BCUT2D eigenvalue weighted by Gasteiger charge is 2.45. The first-order valence-corrected chi connectivity index (χ1v) is 52.4. The van der Waals surface area contributed by atoms with Crippen LogP contribution in [-0.4, -0.2) is 48.2 Å². The number of rotatable bonds is 10. The van der Waals surface area contributed by atoms with Gasteiger partial charge in [0.25, 0.3) is 0 Å². The first-order valence-electron chi connectivity index (χ1n) is 51.5. The second-order valence-corrected chi connectivity index (χ2v) is 43.4. The van der Waals surface area contributed by atoms with Gasteiger partial charge in [0.05, 0.1) is 78.3 Å². The van der Waals surface area contributed by atoms with Gasteiger partial charge in [-0.3, -0.25) is 0 Å². The van der Waals surface area contributed by atoms with E-state index in [0.29, 0.717) is 0 Å². The molecule has 8 heterocycles. The summed E-state index contributed by atoms with van der Waals surface area (Å²) in [5.74, 6) is 2.23. The molecule has 0 radical (unpaired) electrons. The van der Waals surface area contributed by atoms with Crippen molar-refractivity contribution in [2.24, 2.45) is 0 Å². The van der Waals surface area contributed by atoms with Crippen LogP contribution in [0.1, 0.15) is 99.9 Å². The molecule has 149 heavy (non-hydrogen) atoms. The SMILES string of the molecule is CC1(C)c2ccccc2-c2cc3c4ccccc4n(-c4ccc(-c5nc(-c6ccccc6)c6c(n5)-c5ccccc5C6(C)C)cc4)c3cc21.CC1(C)c2ccccc2-c2nc(-c3ccc(-n4c5ccccc5c5cc6c(cc54)sc4ccccc46)cc3)nc(-c3ccccc3)c21.CC1(C)c2ccccc2-c2nc(-c3ccc(-n4c5ccccc5c5cc6c7ccccc7n(-c7ccccc7)c6cc54)cc3)nc(-c3ccccc3)c21. The van der Waals surface area contributed by atoms with Gasteiger partial charge >= 0.3 is 0 Å². The Morgan fingerprint density at radius 2 is 0.443 bits per heavy atom. The molecule has 10 nitrogen and oxygen atoms in total. The van der Waals surface area contributed by atoms with Crippen molar-refractivity contribution in [3.05, 3.63) is 493 Å². The predicted molar refractivity (Wildman–Crippen MR) is 619 cm³/mol. The third-order valence-corrected chi connectivity index (χ3v) is 33.6. The number of hydrogen-bond donors (Lipinski definition) is 0. The van der Waals surface area contributed by atoms with Crippen LogP contribution in [0.15, 0.2) is 449 Å². The molecule has 27 aromatic rings. The molecule has 0 saturated heterocycles. The normalized spacial score (nSPS) is 13.9. The maximum absolute atomic E-state index is 5.33. The summed E-state index contributed by atoms with van der Waals surface area (Å²) in [6.07, 6.45) is 0. The lowest BCUT2D eigenvalue weighted by molar-refractivity contribution is 0.657. The van der Waals surface area contributed by atoms with Gasteiger partial charge in [0.15, 0.2) is 17.5 Å². The number of aromatic nitrogens is 10. The molecule has 8 aromatic heterocycles. The molecule has 19 aromatic carbocycles. The second-order valence-electron chi connectivity index (χ2n) is 42.3. The largest absolute Gasteiger partial charge is 0.309 e. The van der Waals surface area contributed by atoms with Crippen LogP contribution in [0.2, 0.25) is 0 Å². The first kappa shape index (κ1) is 87.4. The molecule has 0 atom stereocenters. The average Bonchev–Trinajstić information content (AvgIpc) is 1.55. The molecule has 4 aliphatic carbocycles. The maximum atomic E-state index is 5.33. The van der Waals surface area contributed by atoms with E-state index in [4.69, 9.17) is 29.9 Å². The van der Waals surface area contributed by atoms with Crippen LogP contribution in [0.25, 0.3) is 243 Å². The number of benzene rings is 19. The zero-order chi connectivity index (χ0) is 99.6. The van der Waals surface area contributed by atoms with Gasteiger partial charge in [0.1, 0.15) is 0 Å². The summed E-state index contributed by atoms with van der Waals surface area (Å²) in [5, 5.41) is 12.7. The summed E-state index contributed by atoms with van der Waals surface area (Å²) < 4.78 is 12.2. The van der Waals surface area contributed by atoms with Gasteiger partial charge in [-0.2, -0.15) is 0 Å². The standard InChI is InChI=1S/C49H34N4.C46H35N3.C43H29N3S/c1-49(2)40-22-12-9-21-37(40)47-45(49)46(31-15-5-3-6-16-31)50-48(51-47)32-25-27-34(28-26-32)53-42-24-14-11-20-36(42)39-29-38-35-19-10-13-23-41(35)52(43(38)30-44(39)53)33-17-7-4-8-18-33;1-45(2)36-19-11-8-16-31(36)34-26-35-32-17-10-13-21-39(32)49(40(35)27-38(34)45)30-24-22-29(23-25-30)44-47-42(28-14-6-5-7-15-28)41-43(48-44)33-18-9-12-20-37(33)46(41,3)4;1-43(2)34-17-9-6-16-31(34)41-39(43)40(26-12-4-3-5-13-26)44-42(45-41)27-20-22-28(23-21-27)46-35-18-10-7-14-29(35)32-24-33-30-15-8-11-19-37(30)47-38(33)25-36(32)46/h3-30H,1-2H3;5-27H,1-4H3;3-25H,1-2H3. The van der Waals surface area contributed by atoms with Crippen molar-refractivity contribution in [3.63, 3.8) is 0 Å². The van der Waals surface area contributed by atoms with Gasteiger partial charge in [0.2, 0.25) is 0 Å². The maximum Gasteiger partial charge on any atom is 0.160 e. The Labute approximate surface area is 866 Å². The van der Waals surface area contributed by atoms with E-state index in [1.807, 2.05) is 11.3 Å². The highest BCUT2D eigenvalue weighted by atomic mass is 32.1. The lowest BCUT2D eigenvalue weighted by Crippen LogP contribution is -2.17. The molecule has 0 bridgehead atoms. The Hall–Kier alpha value is -18.2. The topological polar surface area (TPSA) is 97.1 Å². The predicted octanol–water partition coefficient (Wildman–Crippen LogP) is 35.4. The second kappa shape index (κ2) is 33.2. The summed E-state index contributed by atoms with van der Waals surface area (Å²) >= 11 is 1.86. The van der Waals surface area contributed by atoms with Gasteiger partial charge in [-0.25, -0.2) is 29.9 Å². The van der Waals surface area contributed by atoms with E-state index in [1.54, 1.807) is 0 Å². The number of nitrogens with zero attached hydrogens (tertiary/aromatic N) is 10. The van der Waals surface area contributed by atoms with E-state index in [9.17, 15) is 0 Å². The molecule has 11 heteroatoms. The lowest BCUT2D eigenvalue weighted by atomic mass is 9.81. The van der Waals surface area contributed by atoms with Gasteiger partial charge < -0.3 is 18.3 Å². The zero-order valence-electron chi connectivity index (χ0n) is 83.6. The third kappa shape index (κ3) is 13.3. The molecule has 31 rings (SSSR count). The van der Waals surface area contributed by atoms with E-state index in [-0.39, 0.29) is 21.7 Å². The molecule has 0 amide bonds. The van der Waals surface area contributed by atoms with Crippen molar-refractivity contribution >= 4 is 119 Å². The van der Waals surface area contributed by atoms with Crippen LogP contribution in [-0.2, 0) is 21.7 Å². The van der Waals surface area contributed by atoms with E-state index in [1.165, 1.54) is 180 Å². The number of para-hydroxylation sites is 5. The monoisotopic (exact) mass is 1930 g/mol. The van der Waals surface area contributed by atoms with Crippen molar-refractivity contribution in [1.82, 2.24) is 48.2 Å². The van der Waals surface area contributed by atoms with E-state index in [2.05, 4.69) is 523 Å². The fraction of sp³-hybridized carbons (Fsp3) is 0.0870. The summed E-state index contributed by atoms with van der Waals surface area (Å²) in [6.45, 7) is 18.5. The van der Waals surface area contributed by atoms with Crippen molar-refractivity contribution in [2.45, 2.75) is 77.0 Å². The summed E-state index contributed by atoms with van der Waals surface area (Å²) in [5.41, 5.74) is 42.4.